The molecule has 0 bridgehead atoms. The van der Waals surface area contributed by atoms with Crippen molar-refractivity contribution in [2.75, 3.05) is 11.9 Å². The lowest BCUT2D eigenvalue weighted by molar-refractivity contribution is -0.131. The van der Waals surface area contributed by atoms with E-state index in [4.69, 9.17) is 5.11 Å². The number of aryl methyl sites for hydroxylation is 2. The molecule has 1 heterocycles. The number of rotatable bonds is 4. The first-order valence-electron chi connectivity index (χ1n) is 4.63. The van der Waals surface area contributed by atoms with Crippen molar-refractivity contribution >= 4 is 11.7 Å². The lowest BCUT2D eigenvalue weighted by Crippen LogP contribution is -2.04. The van der Waals surface area contributed by atoms with Gasteiger partial charge in [-0.15, -0.1) is 0 Å². The molecule has 1 aromatic heterocycles. The van der Waals surface area contributed by atoms with Crippen LogP contribution >= 0.6 is 0 Å². The monoisotopic (exact) mass is 209 g/mol. The molecule has 0 saturated heterocycles. The van der Waals surface area contributed by atoms with Crippen LogP contribution in [0.5, 0.6) is 0 Å². The number of nitrogens with one attached hydrogen (secondary N) is 1. The van der Waals surface area contributed by atoms with Crippen LogP contribution in [0.1, 0.15) is 12.6 Å². The summed E-state index contributed by atoms with van der Waals surface area (Å²) >= 11 is 0. The van der Waals surface area contributed by atoms with Gasteiger partial charge in [0, 0.05) is 25.9 Å². The minimum atomic E-state index is -0.919. The average Bonchev–Trinajstić information content (AvgIpc) is 2.40. The number of hydrogen-bond acceptors (Lipinski definition) is 3. The molecule has 82 valence electrons. The highest BCUT2D eigenvalue weighted by molar-refractivity contribution is 5.80. The first kappa shape index (κ1) is 11.3. The van der Waals surface area contributed by atoms with Gasteiger partial charge in [0.2, 0.25) is 0 Å². The lowest BCUT2D eigenvalue weighted by Gasteiger charge is -2.03. The van der Waals surface area contributed by atoms with E-state index in [0.29, 0.717) is 6.54 Å². The number of carboxylic acids is 1. The average molecular weight is 209 g/mol. The van der Waals surface area contributed by atoms with E-state index in [2.05, 4.69) is 10.4 Å². The van der Waals surface area contributed by atoms with Crippen LogP contribution in [0.4, 0.5) is 5.69 Å². The molecule has 0 atom stereocenters. The first-order valence-corrected chi connectivity index (χ1v) is 4.63. The Morgan fingerprint density at radius 3 is 2.87 bits per heavy atom. The molecule has 1 rings (SSSR count). The van der Waals surface area contributed by atoms with Gasteiger partial charge in [0.15, 0.2) is 0 Å². The van der Waals surface area contributed by atoms with E-state index in [1.54, 1.807) is 11.6 Å². The fourth-order valence-electron chi connectivity index (χ4n) is 1.27. The maximum Gasteiger partial charge on any atom is 0.328 e. The summed E-state index contributed by atoms with van der Waals surface area (Å²) in [7, 11) is 1.85. The van der Waals surface area contributed by atoms with Crippen LogP contribution in [0.2, 0.25) is 0 Å². The molecular formula is C10H15N3O2. The molecule has 5 heteroatoms. The van der Waals surface area contributed by atoms with Crippen molar-refractivity contribution in [3.63, 3.8) is 0 Å². The quantitative estimate of drug-likeness (QED) is 0.730. The molecule has 0 saturated carbocycles. The zero-order valence-corrected chi connectivity index (χ0v) is 9.11. The smallest absolute Gasteiger partial charge is 0.328 e. The van der Waals surface area contributed by atoms with Gasteiger partial charge in [-0.1, -0.05) is 0 Å². The van der Waals surface area contributed by atoms with Gasteiger partial charge in [0.25, 0.3) is 0 Å². The Morgan fingerprint density at radius 1 is 1.73 bits per heavy atom. The van der Waals surface area contributed by atoms with E-state index in [1.165, 1.54) is 6.08 Å². The second kappa shape index (κ2) is 4.63. The Morgan fingerprint density at radius 2 is 2.40 bits per heavy atom. The van der Waals surface area contributed by atoms with Gasteiger partial charge in [0.1, 0.15) is 0 Å². The SMILES string of the molecule is CC(=CC(=O)O)CNc1cn(C)nc1C. The number of aliphatic carboxylic acids is 1. The molecule has 0 aliphatic rings. The summed E-state index contributed by atoms with van der Waals surface area (Å²) < 4.78 is 1.72. The van der Waals surface area contributed by atoms with E-state index < -0.39 is 5.97 Å². The van der Waals surface area contributed by atoms with Gasteiger partial charge in [-0.05, 0) is 19.4 Å². The van der Waals surface area contributed by atoms with Crippen LogP contribution in [0.3, 0.4) is 0 Å². The second-order valence-corrected chi connectivity index (χ2v) is 3.48. The summed E-state index contributed by atoms with van der Waals surface area (Å²) in [5.41, 5.74) is 2.60. The van der Waals surface area contributed by atoms with E-state index >= 15 is 0 Å². The highest BCUT2D eigenvalue weighted by Gasteiger charge is 2.02. The molecule has 0 aliphatic heterocycles. The van der Waals surface area contributed by atoms with Gasteiger partial charge < -0.3 is 10.4 Å². The van der Waals surface area contributed by atoms with Crippen molar-refractivity contribution in [1.82, 2.24) is 9.78 Å². The number of carbonyl (C=O) groups is 1. The Labute approximate surface area is 88.4 Å². The highest BCUT2D eigenvalue weighted by Crippen LogP contribution is 2.11. The van der Waals surface area contributed by atoms with Crippen molar-refractivity contribution < 1.29 is 9.90 Å². The molecule has 0 spiro atoms. The minimum Gasteiger partial charge on any atom is -0.478 e. The van der Waals surface area contributed by atoms with Crippen LogP contribution in [0.15, 0.2) is 17.8 Å². The first-order chi connectivity index (χ1) is 6.99. The van der Waals surface area contributed by atoms with Crippen LogP contribution in [-0.4, -0.2) is 27.4 Å². The Kier molecular flexibility index (Phi) is 3.49. The summed E-state index contributed by atoms with van der Waals surface area (Å²) in [6, 6.07) is 0. The standard InChI is InChI=1S/C10H15N3O2/c1-7(4-10(14)15)5-11-9-6-13(3)12-8(9)2/h4,6,11H,5H2,1-3H3,(H,14,15). The Balaban J connectivity index is 2.57. The maximum absolute atomic E-state index is 10.4. The molecule has 0 aliphatic carbocycles. The van der Waals surface area contributed by atoms with Crippen molar-refractivity contribution in [2.45, 2.75) is 13.8 Å². The second-order valence-electron chi connectivity index (χ2n) is 3.48. The topological polar surface area (TPSA) is 67.2 Å². The molecule has 0 amide bonds. The minimum absolute atomic E-state index is 0.513. The van der Waals surface area contributed by atoms with Gasteiger partial charge in [0.05, 0.1) is 11.4 Å². The fraction of sp³-hybridized carbons (Fsp3) is 0.400. The van der Waals surface area contributed by atoms with Crippen LogP contribution in [0, 0.1) is 6.92 Å². The molecule has 1 aromatic rings. The third-order valence-electron chi connectivity index (χ3n) is 1.94. The fourth-order valence-corrected chi connectivity index (χ4v) is 1.27. The number of carboxylic acid groups (broad SMARTS) is 1. The number of aromatic nitrogens is 2. The Bertz CT molecular complexity index is 393. The third kappa shape index (κ3) is 3.46. The van der Waals surface area contributed by atoms with Crippen LogP contribution < -0.4 is 5.32 Å². The van der Waals surface area contributed by atoms with Gasteiger partial charge >= 0.3 is 5.97 Å². The summed E-state index contributed by atoms with van der Waals surface area (Å²) in [6.07, 6.45) is 3.06. The predicted molar refractivity (Wildman–Crippen MR) is 57.8 cm³/mol. The molecule has 0 radical (unpaired) electrons. The maximum atomic E-state index is 10.4. The van der Waals surface area contributed by atoms with Crippen LogP contribution in [0.25, 0.3) is 0 Å². The zero-order chi connectivity index (χ0) is 11.4. The number of hydrogen-bond donors (Lipinski definition) is 2. The number of anilines is 1. The van der Waals surface area contributed by atoms with Crippen LogP contribution in [-0.2, 0) is 11.8 Å². The predicted octanol–water partition coefficient (Wildman–Crippen LogP) is 1.17. The molecule has 5 nitrogen and oxygen atoms in total. The van der Waals surface area contributed by atoms with E-state index in [1.807, 2.05) is 20.2 Å². The van der Waals surface area contributed by atoms with Crippen molar-refractivity contribution in [3.8, 4) is 0 Å². The Hall–Kier alpha value is -1.78. The van der Waals surface area contributed by atoms with Gasteiger partial charge in [-0.25, -0.2) is 4.79 Å². The molecule has 2 N–H and O–H groups in total. The summed E-state index contributed by atoms with van der Waals surface area (Å²) in [5.74, 6) is -0.919. The normalized spacial score (nSPS) is 11.5. The van der Waals surface area contributed by atoms with E-state index in [-0.39, 0.29) is 0 Å². The summed E-state index contributed by atoms with van der Waals surface area (Å²) in [5, 5.41) is 15.8. The third-order valence-corrected chi connectivity index (χ3v) is 1.94. The van der Waals surface area contributed by atoms with Gasteiger partial charge in [-0.3, -0.25) is 4.68 Å². The van der Waals surface area contributed by atoms with Gasteiger partial charge in [-0.2, -0.15) is 5.10 Å². The largest absolute Gasteiger partial charge is 0.478 e. The van der Waals surface area contributed by atoms with E-state index in [9.17, 15) is 4.79 Å². The zero-order valence-electron chi connectivity index (χ0n) is 9.11. The molecule has 0 aromatic carbocycles. The lowest BCUT2D eigenvalue weighted by atomic mass is 10.2. The molecule has 15 heavy (non-hydrogen) atoms. The van der Waals surface area contributed by atoms with Crippen molar-refractivity contribution in [2.24, 2.45) is 7.05 Å². The van der Waals surface area contributed by atoms with Crippen molar-refractivity contribution in [1.29, 1.82) is 0 Å². The molecular weight excluding hydrogens is 194 g/mol. The van der Waals surface area contributed by atoms with Crippen molar-refractivity contribution in [3.05, 3.63) is 23.5 Å². The molecule has 0 unspecified atom stereocenters. The van der Waals surface area contributed by atoms with E-state index in [0.717, 1.165) is 17.0 Å². The summed E-state index contributed by atoms with van der Waals surface area (Å²) in [4.78, 5) is 10.4. The molecule has 0 fully saturated rings. The summed E-state index contributed by atoms with van der Waals surface area (Å²) in [6.45, 7) is 4.18. The highest BCUT2D eigenvalue weighted by atomic mass is 16.4. The number of nitrogens with zero attached hydrogens (tertiary/aromatic N) is 2.